The fourth-order valence-electron chi connectivity index (χ4n) is 5.92. The van der Waals surface area contributed by atoms with Crippen molar-refractivity contribution in [2.75, 3.05) is 124 Å². The maximum Gasteiger partial charge on any atom is 0.326 e. The average molecular weight is 986 g/mol. The van der Waals surface area contributed by atoms with Crippen LogP contribution in [-0.2, 0) is 23.8 Å². The Morgan fingerprint density at radius 2 is 1.09 bits per heavy atom. The van der Waals surface area contributed by atoms with Crippen LogP contribution in [-0.4, -0.2) is 180 Å². The van der Waals surface area contributed by atoms with Crippen molar-refractivity contribution in [2.45, 2.75) is 39.5 Å². The minimum Gasteiger partial charge on any atom is -0.478 e. The number of hydrogen-bond donors (Lipinski definition) is 2. The summed E-state index contributed by atoms with van der Waals surface area (Å²) in [6.07, 6.45) is 2.90. The minimum atomic E-state index is -0.721. The Hall–Kier alpha value is -4.30. The van der Waals surface area contributed by atoms with Crippen LogP contribution in [0.25, 0.3) is 0 Å². The zero-order valence-corrected chi connectivity index (χ0v) is 40.3. The van der Waals surface area contributed by atoms with Crippen LogP contribution in [0.15, 0.2) is 33.9 Å². The Labute approximate surface area is 397 Å². The molecule has 4 rings (SSSR count). The van der Waals surface area contributed by atoms with Crippen molar-refractivity contribution in [1.82, 2.24) is 34.8 Å². The fourth-order valence-corrected chi connectivity index (χ4v) is 8.33. The Morgan fingerprint density at radius 1 is 0.646 bits per heavy atom. The molecule has 0 unspecified atom stereocenters. The average Bonchev–Trinajstić information content (AvgIpc) is 3.94. The van der Waals surface area contributed by atoms with Gasteiger partial charge in [0.05, 0.1) is 33.0 Å². The van der Waals surface area contributed by atoms with E-state index in [4.69, 9.17) is 57.8 Å². The number of hydrogen-bond acceptors (Lipinski definition) is 18. The number of unbranched alkanes of at least 4 members (excludes halogenated alkanes) is 2. The number of nitrogens with one attached hydrogen (secondary N) is 2. The van der Waals surface area contributed by atoms with Gasteiger partial charge < -0.3 is 44.0 Å². The predicted molar refractivity (Wildman–Crippen MR) is 253 cm³/mol. The maximum absolute atomic E-state index is 13.4. The topological polar surface area (TPSA) is 211 Å². The van der Waals surface area contributed by atoms with E-state index in [-0.39, 0.29) is 49.2 Å². The van der Waals surface area contributed by atoms with Crippen LogP contribution < -0.4 is 40.9 Å². The summed E-state index contributed by atoms with van der Waals surface area (Å²) in [6, 6.07) is 5.50. The summed E-state index contributed by atoms with van der Waals surface area (Å²) in [4.78, 5) is 95.3. The van der Waals surface area contributed by atoms with Gasteiger partial charge in [-0.15, -0.1) is 9.46 Å². The largest absolute Gasteiger partial charge is 0.478 e. The van der Waals surface area contributed by atoms with Gasteiger partial charge in [-0.2, -0.15) is 0 Å². The lowest BCUT2D eigenvalue weighted by molar-refractivity contribution is -0.123. The standard InChI is InChI=1S/C41H59N7O13S4/c1-4-6-19-60-47-30(36(51)45-17-26-64-40(45)62)8-10-32(38(47)53)58-28-34(49)42-12-14-44(16-21-56-24-25-57-23-22-55-3)15-13-43-35(50)29-59-33-11-9-31(37(52)46-18-27-65-41(46)63)48(39(33)54)61-20-7-5-2/h8-11H,4-7,12-29H2,1-3H3,(H,42,49)(H,43,50). The lowest BCUT2D eigenvalue weighted by Crippen LogP contribution is -2.43. The Morgan fingerprint density at radius 3 is 1.51 bits per heavy atom. The van der Waals surface area contributed by atoms with Crippen molar-refractivity contribution in [2.24, 2.45) is 0 Å². The Balaban J connectivity index is 1.30. The molecule has 0 atom stereocenters. The Bertz CT molecular complexity index is 1910. The molecule has 2 aromatic heterocycles. The number of carbonyl (C=O) groups is 4. The third-order valence-corrected chi connectivity index (χ3v) is 12.3. The second-order valence-electron chi connectivity index (χ2n) is 14.2. The van der Waals surface area contributed by atoms with Gasteiger partial charge in [-0.1, -0.05) is 74.6 Å². The molecule has 2 aromatic rings. The van der Waals surface area contributed by atoms with Crippen LogP contribution in [0.2, 0.25) is 0 Å². The van der Waals surface area contributed by atoms with Crippen LogP contribution in [0.1, 0.15) is 60.5 Å². The molecule has 0 saturated carbocycles. The molecule has 24 heteroatoms. The summed E-state index contributed by atoms with van der Waals surface area (Å²) in [5, 5.41) is 5.55. The predicted octanol–water partition coefficient (Wildman–Crippen LogP) is 1.09. The van der Waals surface area contributed by atoms with E-state index in [0.717, 1.165) is 22.3 Å². The number of pyridine rings is 2. The molecule has 4 amide bonds. The highest BCUT2D eigenvalue weighted by atomic mass is 32.2. The van der Waals surface area contributed by atoms with E-state index in [1.54, 1.807) is 7.11 Å². The van der Waals surface area contributed by atoms with Crippen molar-refractivity contribution >= 4 is 80.2 Å². The number of amides is 4. The second-order valence-corrected chi connectivity index (χ2v) is 17.7. The molecule has 2 aliphatic heterocycles. The molecule has 2 fully saturated rings. The first kappa shape index (κ1) is 53.3. The van der Waals surface area contributed by atoms with E-state index < -0.39 is 48.0 Å². The highest BCUT2D eigenvalue weighted by Gasteiger charge is 2.30. The van der Waals surface area contributed by atoms with Crippen molar-refractivity contribution in [1.29, 1.82) is 0 Å². The third-order valence-electron chi connectivity index (χ3n) is 9.47. The summed E-state index contributed by atoms with van der Waals surface area (Å²) in [5.41, 5.74) is -1.44. The van der Waals surface area contributed by atoms with E-state index in [1.807, 2.05) is 18.7 Å². The number of ether oxygens (including phenoxy) is 5. The van der Waals surface area contributed by atoms with Crippen LogP contribution >= 0.6 is 48.0 Å². The van der Waals surface area contributed by atoms with Crippen molar-refractivity contribution in [3.63, 3.8) is 0 Å². The van der Waals surface area contributed by atoms with Crippen LogP contribution in [0.4, 0.5) is 0 Å². The second kappa shape index (κ2) is 29.4. The number of nitrogens with zero attached hydrogens (tertiary/aromatic N) is 5. The first-order valence-electron chi connectivity index (χ1n) is 21.4. The number of rotatable bonds is 31. The zero-order chi connectivity index (χ0) is 47.0. The number of thiocarbonyl (C=S) groups is 2. The molecule has 0 bridgehead atoms. The van der Waals surface area contributed by atoms with E-state index in [0.29, 0.717) is 98.7 Å². The number of aromatic nitrogens is 2. The quantitative estimate of drug-likeness (QED) is 0.0800. The van der Waals surface area contributed by atoms with Crippen molar-refractivity contribution in [3.05, 3.63) is 56.4 Å². The van der Waals surface area contributed by atoms with E-state index in [9.17, 15) is 28.8 Å². The third kappa shape index (κ3) is 17.1. The molecule has 65 heavy (non-hydrogen) atoms. The van der Waals surface area contributed by atoms with E-state index >= 15 is 0 Å². The molecule has 20 nitrogen and oxygen atoms in total. The molecular formula is C41H59N7O13S4. The molecule has 360 valence electrons. The highest BCUT2D eigenvalue weighted by molar-refractivity contribution is 8.23. The molecule has 0 aliphatic carbocycles. The molecule has 2 saturated heterocycles. The molecular weight excluding hydrogens is 927 g/mol. The fraction of sp³-hybridized carbons (Fsp3) is 0.610. The van der Waals surface area contributed by atoms with Gasteiger partial charge in [0.15, 0.2) is 24.7 Å². The lowest BCUT2D eigenvalue weighted by atomic mass is 10.3. The first-order chi connectivity index (χ1) is 31.5. The monoisotopic (exact) mass is 985 g/mol. The van der Waals surface area contributed by atoms with E-state index in [1.165, 1.54) is 57.6 Å². The maximum atomic E-state index is 13.4. The summed E-state index contributed by atoms with van der Waals surface area (Å²) in [5.74, 6) is -0.948. The summed E-state index contributed by atoms with van der Waals surface area (Å²) >= 11 is 13.4. The summed E-state index contributed by atoms with van der Waals surface area (Å²) in [7, 11) is 1.59. The number of carbonyl (C=O) groups excluding carboxylic acids is 4. The van der Waals surface area contributed by atoms with Crippen LogP contribution in [0, 0.1) is 0 Å². The first-order valence-corrected chi connectivity index (χ1v) is 24.2. The summed E-state index contributed by atoms with van der Waals surface area (Å²) < 4.78 is 30.0. The SMILES string of the molecule is CCCCOn1c(C(=O)N2CCSC2=S)ccc(OCC(=O)NCCN(CCNC(=O)COc2ccc(C(=O)N3CCSC3=S)n(OCCCC)c2=O)CCOCCOCCOC)c1=O. The highest BCUT2D eigenvalue weighted by Crippen LogP contribution is 2.22. The smallest absolute Gasteiger partial charge is 0.326 e. The van der Waals surface area contributed by atoms with Crippen LogP contribution in [0.3, 0.4) is 0 Å². The van der Waals surface area contributed by atoms with E-state index in [2.05, 4.69) is 10.6 Å². The molecule has 0 spiro atoms. The van der Waals surface area contributed by atoms with Gasteiger partial charge in [-0.05, 0) is 37.1 Å². The van der Waals surface area contributed by atoms with Gasteiger partial charge in [0, 0.05) is 64.4 Å². The van der Waals surface area contributed by atoms with Crippen LogP contribution in [0.5, 0.6) is 11.5 Å². The van der Waals surface area contributed by atoms with Gasteiger partial charge in [0.2, 0.25) is 0 Å². The lowest BCUT2D eigenvalue weighted by Gasteiger charge is -2.23. The van der Waals surface area contributed by atoms with Gasteiger partial charge >= 0.3 is 11.1 Å². The van der Waals surface area contributed by atoms with Gasteiger partial charge in [0.25, 0.3) is 23.6 Å². The van der Waals surface area contributed by atoms with Crippen molar-refractivity contribution in [3.8, 4) is 11.5 Å². The molecule has 4 heterocycles. The Kier molecular flexibility index (Phi) is 24.1. The molecule has 0 radical (unpaired) electrons. The van der Waals surface area contributed by atoms with Gasteiger partial charge in [-0.25, -0.2) is 0 Å². The number of thioether (sulfide) groups is 2. The van der Waals surface area contributed by atoms with Gasteiger partial charge in [-0.3, -0.25) is 43.5 Å². The van der Waals surface area contributed by atoms with Gasteiger partial charge in [0.1, 0.15) is 33.2 Å². The molecule has 2 aliphatic rings. The normalized spacial score (nSPS) is 13.7. The van der Waals surface area contributed by atoms with Crippen molar-refractivity contribution < 1.29 is 52.5 Å². The molecule has 2 N–H and O–H groups in total. The zero-order valence-electron chi connectivity index (χ0n) is 37.0. The number of methoxy groups -OCH3 is 1. The summed E-state index contributed by atoms with van der Waals surface area (Å²) in [6.45, 7) is 7.73. The molecule has 0 aromatic carbocycles. The minimum absolute atomic E-state index is 0.000912.